The van der Waals surface area contributed by atoms with Crippen LogP contribution in [0.4, 0.5) is 5.00 Å². The molecule has 5 heteroatoms. The molecule has 3 rings (SSSR count). The van der Waals surface area contributed by atoms with Crippen LogP contribution in [0.2, 0.25) is 0 Å². The third-order valence-corrected chi connectivity index (χ3v) is 8.45. The Bertz CT molecular complexity index is 726. The van der Waals surface area contributed by atoms with Gasteiger partial charge in [0.2, 0.25) is 5.91 Å². The van der Waals surface area contributed by atoms with Crippen molar-refractivity contribution in [3.05, 3.63) is 16.0 Å². The maximum atomic E-state index is 13.0. The van der Waals surface area contributed by atoms with Crippen molar-refractivity contribution in [3.63, 3.8) is 0 Å². The van der Waals surface area contributed by atoms with Gasteiger partial charge in [-0.3, -0.25) is 9.59 Å². The van der Waals surface area contributed by atoms with Crippen LogP contribution in [0.3, 0.4) is 0 Å². The molecular formula is C22H34N2O2S. The number of hydrogen-bond acceptors (Lipinski definition) is 3. The Labute approximate surface area is 167 Å². The Morgan fingerprint density at radius 1 is 0.963 bits per heavy atom. The van der Waals surface area contributed by atoms with Gasteiger partial charge in [0.25, 0.3) is 5.91 Å². The minimum Gasteiger partial charge on any atom is -0.349 e. The molecular weight excluding hydrogens is 356 g/mol. The van der Waals surface area contributed by atoms with E-state index in [-0.39, 0.29) is 34.6 Å². The zero-order chi connectivity index (χ0) is 20.0. The number of carbonyl (C=O) groups is 2. The Balaban J connectivity index is 1.76. The molecule has 2 aliphatic rings. The molecule has 2 fully saturated rings. The highest BCUT2D eigenvalue weighted by molar-refractivity contribution is 7.16. The minimum atomic E-state index is -0.0339. The van der Waals surface area contributed by atoms with Crippen LogP contribution in [0.25, 0.3) is 0 Å². The first-order valence-corrected chi connectivity index (χ1v) is 11.1. The van der Waals surface area contributed by atoms with Crippen LogP contribution in [0.1, 0.15) is 87.0 Å². The van der Waals surface area contributed by atoms with Gasteiger partial charge in [-0.2, -0.15) is 0 Å². The summed E-state index contributed by atoms with van der Waals surface area (Å²) in [6, 6.07) is 0.254. The van der Waals surface area contributed by atoms with Crippen LogP contribution in [-0.4, -0.2) is 17.9 Å². The second-order valence-electron chi connectivity index (χ2n) is 9.51. The number of carbonyl (C=O) groups excluding carboxylic acids is 2. The summed E-state index contributed by atoms with van der Waals surface area (Å²) in [5.41, 5.74) is 1.62. The molecule has 0 spiro atoms. The normalized spacial score (nSPS) is 22.1. The summed E-state index contributed by atoms with van der Waals surface area (Å²) in [7, 11) is 0. The van der Waals surface area contributed by atoms with E-state index in [2.05, 4.69) is 38.3 Å². The van der Waals surface area contributed by atoms with Crippen molar-refractivity contribution >= 4 is 28.2 Å². The van der Waals surface area contributed by atoms with Crippen LogP contribution in [0.15, 0.2) is 0 Å². The molecule has 1 aromatic rings. The van der Waals surface area contributed by atoms with Crippen LogP contribution < -0.4 is 10.6 Å². The molecule has 2 saturated carbocycles. The smallest absolute Gasteiger partial charge is 0.254 e. The van der Waals surface area contributed by atoms with Crippen LogP contribution in [-0.2, 0) is 4.79 Å². The molecule has 0 unspecified atom stereocenters. The molecule has 1 aromatic heterocycles. The highest BCUT2D eigenvalue weighted by Gasteiger charge is 2.68. The Morgan fingerprint density at radius 3 is 2.04 bits per heavy atom. The molecule has 0 saturated heterocycles. The predicted octanol–water partition coefficient (Wildman–Crippen LogP) is 5.44. The number of thiophene rings is 1. The van der Waals surface area contributed by atoms with Crippen molar-refractivity contribution in [1.82, 2.24) is 5.32 Å². The molecule has 2 amide bonds. The second-order valence-corrected chi connectivity index (χ2v) is 10.7. The molecule has 0 atom stereocenters. The molecule has 4 nitrogen and oxygen atoms in total. The molecule has 2 aliphatic carbocycles. The van der Waals surface area contributed by atoms with Crippen molar-refractivity contribution in [2.24, 2.45) is 16.7 Å². The van der Waals surface area contributed by atoms with E-state index in [9.17, 15) is 9.59 Å². The summed E-state index contributed by atoms with van der Waals surface area (Å²) in [5.74, 6) is -0.0198. The molecule has 27 heavy (non-hydrogen) atoms. The molecule has 1 heterocycles. The third kappa shape index (κ3) is 3.67. The lowest BCUT2D eigenvalue weighted by atomic mass is 10.0. The fourth-order valence-corrected chi connectivity index (χ4v) is 5.77. The van der Waals surface area contributed by atoms with Gasteiger partial charge in [-0.05, 0) is 43.1 Å². The first-order valence-electron chi connectivity index (χ1n) is 10.3. The predicted molar refractivity (Wildman–Crippen MR) is 112 cm³/mol. The van der Waals surface area contributed by atoms with Gasteiger partial charge in [-0.25, -0.2) is 0 Å². The zero-order valence-corrected chi connectivity index (χ0v) is 18.4. The van der Waals surface area contributed by atoms with E-state index < -0.39 is 0 Å². The summed E-state index contributed by atoms with van der Waals surface area (Å²) < 4.78 is 0. The molecule has 0 aliphatic heterocycles. The number of anilines is 1. The molecule has 0 bridgehead atoms. The van der Waals surface area contributed by atoms with E-state index in [1.807, 2.05) is 13.8 Å². The molecule has 150 valence electrons. The fraction of sp³-hybridized carbons (Fsp3) is 0.727. The standard InChI is InChI=1S/C22H34N2O2S/c1-13-14(2)27-20(24-19(26)17-21(3,4)22(17,5)6)16(13)18(25)23-15-11-9-7-8-10-12-15/h15,17H,7-12H2,1-6H3,(H,23,25)(H,24,26). The van der Waals surface area contributed by atoms with Gasteiger partial charge in [0, 0.05) is 16.8 Å². The summed E-state index contributed by atoms with van der Waals surface area (Å²) in [5, 5.41) is 7.04. The van der Waals surface area contributed by atoms with Crippen molar-refractivity contribution in [2.45, 2.75) is 86.1 Å². The van der Waals surface area contributed by atoms with E-state index in [1.165, 1.54) is 37.0 Å². The summed E-state index contributed by atoms with van der Waals surface area (Å²) in [6.07, 6.45) is 7.00. The lowest BCUT2D eigenvalue weighted by Crippen LogP contribution is -2.35. The van der Waals surface area contributed by atoms with Crippen LogP contribution in [0.5, 0.6) is 0 Å². The lowest BCUT2D eigenvalue weighted by molar-refractivity contribution is -0.118. The monoisotopic (exact) mass is 390 g/mol. The fourth-order valence-electron chi connectivity index (χ4n) is 4.71. The van der Waals surface area contributed by atoms with Gasteiger partial charge in [-0.15, -0.1) is 11.3 Å². The summed E-state index contributed by atoms with van der Waals surface area (Å²) in [6.45, 7) is 12.6. The molecule has 2 N–H and O–H groups in total. The largest absolute Gasteiger partial charge is 0.349 e. The average Bonchev–Trinajstić information content (AvgIpc) is 2.99. The van der Waals surface area contributed by atoms with Crippen molar-refractivity contribution in [2.75, 3.05) is 5.32 Å². The van der Waals surface area contributed by atoms with Crippen molar-refractivity contribution in [1.29, 1.82) is 0 Å². The molecule has 0 aromatic carbocycles. The summed E-state index contributed by atoms with van der Waals surface area (Å²) >= 11 is 1.52. The first-order chi connectivity index (χ1) is 12.6. The quantitative estimate of drug-likeness (QED) is 0.673. The van der Waals surface area contributed by atoms with Gasteiger partial charge in [-0.1, -0.05) is 53.4 Å². The van der Waals surface area contributed by atoms with E-state index in [4.69, 9.17) is 0 Å². The maximum absolute atomic E-state index is 13.0. The van der Waals surface area contributed by atoms with E-state index in [1.54, 1.807) is 0 Å². The SMILES string of the molecule is Cc1sc(NC(=O)C2C(C)(C)C2(C)C)c(C(=O)NC2CCCCCC2)c1C. The number of amides is 2. The highest BCUT2D eigenvalue weighted by Crippen LogP contribution is 2.68. The zero-order valence-electron chi connectivity index (χ0n) is 17.6. The highest BCUT2D eigenvalue weighted by atomic mass is 32.1. The van der Waals surface area contributed by atoms with Gasteiger partial charge in [0.05, 0.1) is 5.56 Å². The van der Waals surface area contributed by atoms with E-state index in [0.29, 0.717) is 10.6 Å². The minimum absolute atomic E-state index is 0.0127. The van der Waals surface area contributed by atoms with Gasteiger partial charge >= 0.3 is 0 Å². The average molecular weight is 391 g/mol. The van der Waals surface area contributed by atoms with Crippen molar-refractivity contribution in [3.8, 4) is 0 Å². The number of aryl methyl sites for hydroxylation is 1. The summed E-state index contributed by atoms with van der Waals surface area (Å²) in [4.78, 5) is 27.0. The van der Waals surface area contributed by atoms with Gasteiger partial charge < -0.3 is 10.6 Å². The third-order valence-electron chi connectivity index (χ3n) is 7.32. The topological polar surface area (TPSA) is 58.2 Å². The first kappa shape index (κ1) is 20.4. The Kier molecular flexibility index (Phi) is 5.46. The van der Waals surface area contributed by atoms with Gasteiger partial charge in [0.15, 0.2) is 0 Å². The lowest BCUT2D eigenvalue weighted by Gasteiger charge is -2.17. The van der Waals surface area contributed by atoms with E-state index >= 15 is 0 Å². The number of nitrogens with one attached hydrogen (secondary N) is 2. The Morgan fingerprint density at radius 2 is 1.52 bits per heavy atom. The van der Waals surface area contributed by atoms with E-state index in [0.717, 1.165) is 23.3 Å². The molecule has 0 radical (unpaired) electrons. The van der Waals surface area contributed by atoms with Crippen LogP contribution >= 0.6 is 11.3 Å². The number of hydrogen-bond donors (Lipinski definition) is 2. The maximum Gasteiger partial charge on any atom is 0.254 e. The Hall–Kier alpha value is -1.36. The van der Waals surface area contributed by atoms with Crippen molar-refractivity contribution < 1.29 is 9.59 Å². The van der Waals surface area contributed by atoms with Crippen LogP contribution in [0, 0.1) is 30.6 Å². The number of rotatable bonds is 4. The second kappa shape index (κ2) is 7.23. The van der Waals surface area contributed by atoms with Gasteiger partial charge in [0.1, 0.15) is 5.00 Å².